The Hall–Kier alpha value is -1.88. The number of carbonyl (C=O) groups excluding carboxylic acids is 1. The van der Waals surface area contributed by atoms with Crippen molar-refractivity contribution in [2.45, 2.75) is 33.8 Å². The Balaban J connectivity index is 2.45. The summed E-state index contributed by atoms with van der Waals surface area (Å²) in [6.45, 7) is 5.38. The fourth-order valence-corrected chi connectivity index (χ4v) is 1.67. The summed E-state index contributed by atoms with van der Waals surface area (Å²) in [6, 6.07) is 9.40. The van der Waals surface area contributed by atoms with E-state index < -0.39 is 17.3 Å². The Morgan fingerprint density at radius 2 is 1.90 bits per heavy atom. The van der Waals surface area contributed by atoms with Gasteiger partial charge in [-0.15, -0.1) is 0 Å². The van der Waals surface area contributed by atoms with E-state index in [0.29, 0.717) is 0 Å². The predicted molar refractivity (Wildman–Crippen MR) is 74.6 cm³/mol. The van der Waals surface area contributed by atoms with Crippen LogP contribution >= 0.6 is 0 Å². The smallest absolute Gasteiger partial charge is 0.310 e. The van der Waals surface area contributed by atoms with Crippen LogP contribution in [-0.2, 0) is 21.0 Å². The zero-order chi connectivity index (χ0) is 15.2. The molecule has 0 aliphatic carbocycles. The highest BCUT2D eigenvalue weighted by molar-refractivity contribution is 5.84. The lowest BCUT2D eigenvalue weighted by Gasteiger charge is -2.28. The van der Waals surface area contributed by atoms with Crippen molar-refractivity contribution in [3.05, 3.63) is 35.9 Å². The maximum Gasteiger partial charge on any atom is 0.310 e. The van der Waals surface area contributed by atoms with E-state index in [2.05, 4.69) is 5.48 Å². The summed E-state index contributed by atoms with van der Waals surface area (Å²) in [6.07, 6.45) is -0.116. The number of carboxylic acid groups (broad SMARTS) is 1. The van der Waals surface area contributed by atoms with E-state index >= 15 is 0 Å². The first-order valence-corrected chi connectivity index (χ1v) is 6.54. The topological polar surface area (TPSA) is 75.6 Å². The molecular weight excluding hydrogens is 258 g/mol. The van der Waals surface area contributed by atoms with Crippen LogP contribution in [0.15, 0.2) is 30.3 Å². The third-order valence-electron chi connectivity index (χ3n) is 3.56. The van der Waals surface area contributed by atoms with Gasteiger partial charge in [0.15, 0.2) is 0 Å². The average Bonchev–Trinajstić information content (AvgIpc) is 2.39. The molecule has 0 aromatic heterocycles. The number of aliphatic carboxylic acids is 1. The summed E-state index contributed by atoms with van der Waals surface area (Å²) in [5.41, 5.74) is 2.13. The van der Waals surface area contributed by atoms with Gasteiger partial charge in [0, 0.05) is 6.42 Å². The summed E-state index contributed by atoms with van der Waals surface area (Å²) in [5.74, 6) is -1.56. The second kappa shape index (κ2) is 7.05. The van der Waals surface area contributed by atoms with Crippen molar-refractivity contribution in [3.63, 3.8) is 0 Å². The highest BCUT2D eigenvalue weighted by Crippen LogP contribution is 2.31. The van der Waals surface area contributed by atoms with Gasteiger partial charge in [-0.3, -0.25) is 14.4 Å². The maximum absolute atomic E-state index is 11.8. The summed E-state index contributed by atoms with van der Waals surface area (Å²) in [5, 5.41) is 9.23. The molecule has 0 heterocycles. The molecule has 0 saturated carbocycles. The molecule has 1 rings (SSSR count). The Morgan fingerprint density at radius 1 is 1.30 bits per heavy atom. The number of nitrogens with one attached hydrogen (secondary N) is 1. The van der Waals surface area contributed by atoms with E-state index in [4.69, 9.17) is 4.84 Å². The van der Waals surface area contributed by atoms with Gasteiger partial charge in [-0.2, -0.15) is 0 Å². The first kappa shape index (κ1) is 16.2. The fourth-order valence-electron chi connectivity index (χ4n) is 1.67. The lowest BCUT2D eigenvalue weighted by Crippen LogP contribution is -2.39. The van der Waals surface area contributed by atoms with E-state index in [1.807, 2.05) is 30.3 Å². The lowest BCUT2D eigenvalue weighted by atomic mass is 9.76. The standard InChI is InChI=1S/C15H21NO4/c1-11(2)15(3,14(18)19)9-13(17)16-20-10-12-7-5-4-6-8-12/h4-8,11H,9-10H2,1-3H3,(H,16,17)(H,18,19). The van der Waals surface area contributed by atoms with Gasteiger partial charge in [0.1, 0.15) is 0 Å². The molecular formula is C15H21NO4. The van der Waals surface area contributed by atoms with Gasteiger partial charge < -0.3 is 5.11 Å². The van der Waals surface area contributed by atoms with Crippen LogP contribution in [0.1, 0.15) is 32.8 Å². The van der Waals surface area contributed by atoms with Crippen molar-refractivity contribution < 1.29 is 19.5 Å². The van der Waals surface area contributed by atoms with Crippen LogP contribution in [0.2, 0.25) is 0 Å². The number of amides is 1. The first-order chi connectivity index (χ1) is 9.36. The van der Waals surface area contributed by atoms with E-state index in [1.165, 1.54) is 0 Å². The van der Waals surface area contributed by atoms with Crippen LogP contribution in [0.5, 0.6) is 0 Å². The molecule has 1 amide bonds. The molecule has 0 aliphatic heterocycles. The monoisotopic (exact) mass is 279 g/mol. The minimum atomic E-state index is -1.10. The molecule has 1 aromatic rings. The summed E-state index contributed by atoms with van der Waals surface area (Å²) in [7, 11) is 0. The van der Waals surface area contributed by atoms with E-state index in [0.717, 1.165) is 5.56 Å². The molecule has 1 atom stereocenters. The Kier molecular flexibility index (Phi) is 5.70. The van der Waals surface area contributed by atoms with Crippen LogP contribution in [0.3, 0.4) is 0 Å². The number of hydrogen-bond donors (Lipinski definition) is 2. The average molecular weight is 279 g/mol. The van der Waals surface area contributed by atoms with Gasteiger partial charge in [-0.1, -0.05) is 44.2 Å². The number of benzene rings is 1. The molecule has 5 nitrogen and oxygen atoms in total. The van der Waals surface area contributed by atoms with Gasteiger partial charge in [0.25, 0.3) is 0 Å². The van der Waals surface area contributed by atoms with Gasteiger partial charge in [0.05, 0.1) is 12.0 Å². The molecule has 0 bridgehead atoms. The summed E-state index contributed by atoms with van der Waals surface area (Å²) in [4.78, 5) is 28.1. The van der Waals surface area contributed by atoms with Crippen molar-refractivity contribution >= 4 is 11.9 Å². The second-order valence-electron chi connectivity index (χ2n) is 5.35. The molecule has 0 saturated heterocycles. The quantitative estimate of drug-likeness (QED) is 0.751. The molecule has 110 valence electrons. The van der Waals surface area contributed by atoms with Crippen LogP contribution in [-0.4, -0.2) is 17.0 Å². The van der Waals surface area contributed by atoms with Crippen LogP contribution in [0.4, 0.5) is 0 Å². The molecule has 2 N–H and O–H groups in total. The largest absolute Gasteiger partial charge is 0.481 e. The van der Waals surface area contributed by atoms with Crippen molar-refractivity contribution in [1.82, 2.24) is 5.48 Å². The molecule has 1 aromatic carbocycles. The number of rotatable bonds is 7. The predicted octanol–water partition coefficient (Wildman–Crippen LogP) is 2.37. The minimum Gasteiger partial charge on any atom is -0.481 e. The normalized spacial score (nSPS) is 13.8. The summed E-state index contributed by atoms with van der Waals surface area (Å²) < 4.78 is 0. The van der Waals surface area contributed by atoms with Gasteiger partial charge in [-0.25, -0.2) is 5.48 Å². The molecule has 0 spiro atoms. The maximum atomic E-state index is 11.8. The van der Waals surface area contributed by atoms with Crippen LogP contribution in [0.25, 0.3) is 0 Å². The Labute approximate surface area is 118 Å². The number of hydroxylamine groups is 1. The third-order valence-corrected chi connectivity index (χ3v) is 3.56. The number of carboxylic acids is 1. The highest BCUT2D eigenvalue weighted by atomic mass is 16.6. The summed E-state index contributed by atoms with van der Waals surface area (Å²) >= 11 is 0. The molecule has 5 heteroatoms. The van der Waals surface area contributed by atoms with Gasteiger partial charge in [-0.05, 0) is 18.4 Å². The molecule has 0 aliphatic rings. The van der Waals surface area contributed by atoms with Gasteiger partial charge in [0.2, 0.25) is 5.91 Å². The number of carbonyl (C=O) groups is 2. The van der Waals surface area contributed by atoms with Crippen molar-refractivity contribution in [2.24, 2.45) is 11.3 Å². The Bertz CT molecular complexity index is 458. The zero-order valence-electron chi connectivity index (χ0n) is 12.1. The fraction of sp³-hybridized carbons (Fsp3) is 0.467. The molecule has 0 fully saturated rings. The van der Waals surface area contributed by atoms with E-state index in [-0.39, 0.29) is 18.9 Å². The van der Waals surface area contributed by atoms with Crippen molar-refractivity contribution in [2.75, 3.05) is 0 Å². The highest BCUT2D eigenvalue weighted by Gasteiger charge is 2.38. The Morgan fingerprint density at radius 3 is 2.40 bits per heavy atom. The van der Waals surface area contributed by atoms with Gasteiger partial charge >= 0.3 is 5.97 Å². The zero-order valence-corrected chi connectivity index (χ0v) is 12.1. The molecule has 0 radical (unpaired) electrons. The minimum absolute atomic E-state index is 0.116. The number of hydrogen-bond acceptors (Lipinski definition) is 3. The third kappa shape index (κ3) is 4.35. The lowest BCUT2D eigenvalue weighted by molar-refractivity contribution is -0.156. The molecule has 1 unspecified atom stereocenters. The van der Waals surface area contributed by atoms with Crippen LogP contribution in [0, 0.1) is 11.3 Å². The van der Waals surface area contributed by atoms with E-state index in [1.54, 1.807) is 20.8 Å². The van der Waals surface area contributed by atoms with Crippen LogP contribution < -0.4 is 5.48 Å². The first-order valence-electron chi connectivity index (χ1n) is 6.54. The van der Waals surface area contributed by atoms with Crippen molar-refractivity contribution in [3.8, 4) is 0 Å². The second-order valence-corrected chi connectivity index (χ2v) is 5.35. The SMILES string of the molecule is CC(C)C(C)(CC(=O)NOCc1ccccc1)C(=O)O. The van der Waals surface area contributed by atoms with E-state index in [9.17, 15) is 14.7 Å². The van der Waals surface area contributed by atoms with Crippen molar-refractivity contribution in [1.29, 1.82) is 0 Å². The molecule has 20 heavy (non-hydrogen) atoms.